The maximum Gasteiger partial charge on any atom is 0.220 e. The number of amides is 1. The summed E-state index contributed by atoms with van der Waals surface area (Å²) in [5.41, 5.74) is 2.98. The molecule has 3 aromatic carbocycles. The number of aromatic nitrogens is 1. The highest BCUT2D eigenvalue weighted by Crippen LogP contribution is 2.36. The minimum absolute atomic E-state index is 0.0254. The van der Waals surface area contributed by atoms with Gasteiger partial charge in [0, 0.05) is 69.2 Å². The predicted octanol–water partition coefficient (Wildman–Crippen LogP) is 5.21. The van der Waals surface area contributed by atoms with Crippen LogP contribution in [0.25, 0.3) is 10.9 Å². The van der Waals surface area contributed by atoms with Gasteiger partial charge in [0.2, 0.25) is 5.91 Å². The second-order valence-corrected chi connectivity index (χ2v) is 11.5. The van der Waals surface area contributed by atoms with E-state index in [0.717, 1.165) is 10.9 Å². The van der Waals surface area contributed by atoms with Crippen LogP contribution < -0.4 is 20.7 Å². The number of H-pyrrole nitrogens is 1. The molecule has 4 aromatic rings. The smallest absolute Gasteiger partial charge is 0.220 e. The van der Waals surface area contributed by atoms with Gasteiger partial charge in [-0.2, -0.15) is 0 Å². The van der Waals surface area contributed by atoms with E-state index in [2.05, 4.69) is 20.9 Å². The highest BCUT2D eigenvalue weighted by molar-refractivity contribution is 7.84. The van der Waals surface area contributed by atoms with Crippen LogP contribution in [0.4, 0.5) is 8.78 Å². The number of nitrogens with one attached hydrogen (secondary N) is 4. The number of halogens is 2. The quantitative estimate of drug-likeness (QED) is 0.255. The first-order valence-corrected chi connectivity index (χ1v) is 14.6. The topological polar surface area (TPSA) is 95.2 Å². The number of rotatable bonds is 1. The van der Waals surface area contributed by atoms with Crippen molar-refractivity contribution < 1.29 is 22.5 Å². The van der Waals surface area contributed by atoms with Crippen molar-refractivity contribution in [3.8, 4) is 11.5 Å². The van der Waals surface area contributed by atoms with Gasteiger partial charge in [-0.15, -0.1) is 0 Å². The van der Waals surface area contributed by atoms with E-state index in [0.29, 0.717) is 35.4 Å². The zero-order valence-electron chi connectivity index (χ0n) is 21.5. The average molecular weight is 563 g/mol. The monoisotopic (exact) mass is 562 g/mol. The summed E-state index contributed by atoms with van der Waals surface area (Å²) in [6.45, 7) is 0. The maximum atomic E-state index is 15.3. The van der Waals surface area contributed by atoms with Gasteiger partial charge in [0.1, 0.15) is 17.7 Å². The number of ether oxygens (including phenoxy) is 1. The Morgan fingerprint density at radius 2 is 1.77 bits per heavy atom. The van der Waals surface area contributed by atoms with Crippen molar-refractivity contribution in [2.75, 3.05) is 11.5 Å². The van der Waals surface area contributed by atoms with Crippen molar-refractivity contribution in [3.05, 3.63) is 107 Å². The predicted molar refractivity (Wildman–Crippen MR) is 150 cm³/mol. The molecule has 0 spiro atoms. The van der Waals surface area contributed by atoms with Crippen molar-refractivity contribution >= 4 is 27.6 Å². The Bertz CT molecular complexity index is 1620. The molecule has 0 saturated heterocycles. The standard InChI is InChI=1S/C30H28F2N4O3S/c31-23-9-8-19-15-22(23)30-34-17-26(35-30)28(18-5-2-1-3-6-18)36-27(37)7-4-13-40(38)14-11-21-20-10-12-33-25(20)16-24(32)29(21)39-19/h1-3,5-6,8-10,12,15-17,28,30,33-35H,4,7,11,13-14H2,(H,36,37). The number of benzene rings is 3. The van der Waals surface area contributed by atoms with Crippen LogP contribution in [0.5, 0.6) is 11.5 Å². The first-order chi connectivity index (χ1) is 19.5. The Hall–Kier alpha value is -4.18. The summed E-state index contributed by atoms with van der Waals surface area (Å²) in [4.78, 5) is 16.0. The fraction of sp³-hybridized carbons (Fsp3) is 0.233. The van der Waals surface area contributed by atoms with Crippen LogP contribution in [0.3, 0.4) is 0 Å². The van der Waals surface area contributed by atoms with Crippen molar-refractivity contribution in [1.29, 1.82) is 0 Å². The average Bonchev–Trinajstić information content (AvgIpc) is 3.62. The van der Waals surface area contributed by atoms with E-state index < -0.39 is 34.6 Å². The Balaban J connectivity index is 1.39. The van der Waals surface area contributed by atoms with E-state index in [1.807, 2.05) is 36.4 Å². The van der Waals surface area contributed by atoms with Gasteiger partial charge in [-0.3, -0.25) is 9.00 Å². The number of hydrogen-bond donors (Lipinski definition) is 4. The molecule has 7 nitrogen and oxygen atoms in total. The van der Waals surface area contributed by atoms with Gasteiger partial charge in [0.05, 0.1) is 11.7 Å². The van der Waals surface area contributed by atoms with E-state index in [9.17, 15) is 9.00 Å². The molecule has 3 unspecified atom stereocenters. The fourth-order valence-electron chi connectivity index (χ4n) is 5.19. The maximum absolute atomic E-state index is 15.3. The van der Waals surface area contributed by atoms with Gasteiger partial charge in [-0.25, -0.2) is 8.78 Å². The number of aromatic amines is 1. The normalized spacial score (nSPS) is 21.6. The Kier molecular flexibility index (Phi) is 7.25. The van der Waals surface area contributed by atoms with E-state index in [1.54, 1.807) is 12.4 Å². The van der Waals surface area contributed by atoms with Crippen molar-refractivity contribution in [1.82, 2.24) is 20.9 Å². The number of aryl methyl sites for hydroxylation is 1. The molecule has 10 heteroatoms. The molecule has 6 rings (SSSR count). The van der Waals surface area contributed by atoms with E-state index in [-0.39, 0.29) is 35.1 Å². The van der Waals surface area contributed by atoms with E-state index in [4.69, 9.17) is 4.74 Å². The fourth-order valence-corrected chi connectivity index (χ4v) is 6.30. The van der Waals surface area contributed by atoms with Crippen LogP contribution in [0.2, 0.25) is 0 Å². The molecule has 1 aromatic heterocycles. The Labute approximate surface area is 232 Å². The summed E-state index contributed by atoms with van der Waals surface area (Å²) in [5, 5.41) is 10.3. The lowest BCUT2D eigenvalue weighted by molar-refractivity contribution is -0.121. The van der Waals surface area contributed by atoms with Crippen LogP contribution in [-0.4, -0.2) is 26.6 Å². The number of hydrogen-bond acceptors (Lipinski definition) is 5. The Morgan fingerprint density at radius 3 is 2.62 bits per heavy atom. The van der Waals surface area contributed by atoms with Crippen molar-refractivity contribution in [2.24, 2.45) is 0 Å². The second-order valence-electron chi connectivity index (χ2n) is 9.85. The zero-order chi connectivity index (χ0) is 27.6. The molecule has 206 valence electrons. The zero-order valence-corrected chi connectivity index (χ0v) is 22.3. The first-order valence-electron chi connectivity index (χ1n) is 13.1. The van der Waals surface area contributed by atoms with Crippen LogP contribution in [0.1, 0.15) is 41.7 Å². The third-order valence-electron chi connectivity index (χ3n) is 7.19. The molecule has 1 amide bonds. The molecular weight excluding hydrogens is 534 g/mol. The van der Waals surface area contributed by atoms with Gasteiger partial charge in [-0.05, 0) is 42.7 Å². The minimum atomic E-state index is -1.23. The molecule has 2 aliphatic heterocycles. The summed E-state index contributed by atoms with van der Waals surface area (Å²) in [6.07, 6.45) is 3.74. The molecule has 40 heavy (non-hydrogen) atoms. The molecule has 3 heterocycles. The Morgan fingerprint density at radius 1 is 0.925 bits per heavy atom. The van der Waals surface area contributed by atoms with Crippen LogP contribution >= 0.6 is 0 Å². The van der Waals surface area contributed by atoms with Crippen molar-refractivity contribution in [2.45, 2.75) is 31.5 Å². The van der Waals surface area contributed by atoms with E-state index in [1.165, 1.54) is 24.3 Å². The summed E-state index contributed by atoms with van der Waals surface area (Å²) in [5.74, 6) is -0.307. The highest BCUT2D eigenvalue weighted by Gasteiger charge is 2.28. The second kappa shape index (κ2) is 11.1. The largest absolute Gasteiger partial charge is 0.454 e. The molecule has 4 bridgehead atoms. The summed E-state index contributed by atoms with van der Waals surface area (Å²) >= 11 is 0. The lowest BCUT2D eigenvalue weighted by Crippen LogP contribution is -2.34. The van der Waals surface area contributed by atoms with Crippen LogP contribution in [-0.2, 0) is 22.0 Å². The first kappa shape index (κ1) is 26.1. The number of fused-ring (bicyclic) bond motifs is 8. The number of carbonyl (C=O) groups excluding carboxylic acids is 1. The summed E-state index contributed by atoms with van der Waals surface area (Å²) < 4.78 is 49.4. The van der Waals surface area contributed by atoms with Crippen LogP contribution in [0.15, 0.2) is 78.8 Å². The van der Waals surface area contributed by atoms with Gasteiger partial charge in [-0.1, -0.05) is 30.3 Å². The molecule has 0 aliphatic carbocycles. The summed E-state index contributed by atoms with van der Waals surface area (Å²) in [7, 11) is -1.23. The lowest BCUT2D eigenvalue weighted by Gasteiger charge is -2.23. The van der Waals surface area contributed by atoms with Gasteiger partial charge < -0.3 is 25.7 Å². The van der Waals surface area contributed by atoms with Gasteiger partial charge in [0.15, 0.2) is 11.6 Å². The lowest BCUT2D eigenvalue weighted by atomic mass is 10.0. The molecule has 0 saturated carbocycles. The molecule has 4 N–H and O–H groups in total. The van der Waals surface area contributed by atoms with Crippen LogP contribution in [0, 0.1) is 11.6 Å². The molecule has 3 atom stereocenters. The summed E-state index contributed by atoms with van der Waals surface area (Å²) in [6, 6.07) is 16.4. The van der Waals surface area contributed by atoms with Gasteiger partial charge >= 0.3 is 0 Å². The van der Waals surface area contributed by atoms with Crippen molar-refractivity contribution in [3.63, 3.8) is 0 Å². The minimum Gasteiger partial charge on any atom is -0.454 e. The molecule has 2 aliphatic rings. The highest BCUT2D eigenvalue weighted by atomic mass is 32.2. The van der Waals surface area contributed by atoms with E-state index >= 15 is 8.78 Å². The SMILES string of the molecule is O=C1CCCS(=O)CCc2c(c(F)cc3[nH]ccc23)Oc2ccc(F)c(c2)C2NC=C(N2)C(c2ccccc2)N1. The molecule has 0 radical (unpaired) electrons. The number of carbonyl (C=O) groups is 1. The van der Waals surface area contributed by atoms with Gasteiger partial charge in [0.25, 0.3) is 0 Å². The third-order valence-corrected chi connectivity index (χ3v) is 8.59. The molecule has 0 fully saturated rings. The molecular formula is C30H28F2N4O3S. The third kappa shape index (κ3) is 5.31.